The summed E-state index contributed by atoms with van der Waals surface area (Å²) in [6.45, 7) is 2.02. The van der Waals surface area contributed by atoms with Gasteiger partial charge in [-0.3, -0.25) is 0 Å². The molecule has 1 fully saturated rings. The molecule has 1 aromatic carbocycles. The number of benzene rings is 1. The third-order valence-corrected chi connectivity index (χ3v) is 5.33. The molecule has 0 spiro atoms. The van der Waals surface area contributed by atoms with Gasteiger partial charge in [0.2, 0.25) is 0 Å². The summed E-state index contributed by atoms with van der Waals surface area (Å²) in [5, 5.41) is 9.43. The number of rotatable bonds is 5. The number of aliphatic hydroxyl groups excluding tert-OH is 1. The zero-order valence-corrected chi connectivity index (χ0v) is 12.5. The van der Waals surface area contributed by atoms with E-state index in [1.807, 2.05) is 0 Å². The molecule has 6 heteroatoms. The maximum Gasteiger partial charge on any atom is 0.179 e. The minimum Gasteiger partial charge on any atom is -0.497 e. The lowest BCUT2D eigenvalue weighted by Crippen LogP contribution is -2.38. The zero-order chi connectivity index (χ0) is 14.6. The van der Waals surface area contributed by atoms with Crippen molar-refractivity contribution in [3.63, 3.8) is 0 Å². The Morgan fingerprint density at radius 3 is 2.70 bits per heavy atom. The van der Waals surface area contributed by atoms with Gasteiger partial charge in [-0.2, -0.15) is 0 Å². The van der Waals surface area contributed by atoms with Crippen LogP contribution in [-0.4, -0.2) is 57.0 Å². The predicted molar refractivity (Wildman–Crippen MR) is 76.7 cm³/mol. The molecule has 1 N–H and O–H groups in total. The van der Waals surface area contributed by atoms with Gasteiger partial charge >= 0.3 is 0 Å². The first kappa shape index (κ1) is 15.3. The Bertz CT molecular complexity index is 536. The molecule has 0 bridgehead atoms. The van der Waals surface area contributed by atoms with E-state index in [1.54, 1.807) is 24.3 Å². The fourth-order valence-corrected chi connectivity index (χ4v) is 3.62. The number of nitrogens with zero attached hydrogens (tertiary/aromatic N) is 1. The van der Waals surface area contributed by atoms with Crippen LogP contribution < -0.4 is 4.74 Å². The molecule has 5 nitrogen and oxygen atoms in total. The number of methoxy groups -OCH3 is 1. The van der Waals surface area contributed by atoms with Crippen LogP contribution in [0.3, 0.4) is 0 Å². The van der Waals surface area contributed by atoms with Crippen molar-refractivity contribution in [1.82, 2.24) is 4.90 Å². The summed E-state index contributed by atoms with van der Waals surface area (Å²) in [4.78, 5) is 2.39. The maximum atomic E-state index is 12.3. The lowest BCUT2D eigenvalue weighted by molar-refractivity contribution is 0.0855. The van der Waals surface area contributed by atoms with Gasteiger partial charge in [0.25, 0.3) is 0 Å². The van der Waals surface area contributed by atoms with Crippen molar-refractivity contribution < 1.29 is 18.3 Å². The molecule has 0 saturated carbocycles. The van der Waals surface area contributed by atoms with Gasteiger partial charge in [-0.25, -0.2) is 8.42 Å². The molecule has 1 heterocycles. The summed E-state index contributed by atoms with van der Waals surface area (Å²) in [5.74, 6) is 0.642. The van der Waals surface area contributed by atoms with Crippen molar-refractivity contribution in [2.45, 2.75) is 23.8 Å². The fraction of sp³-hybridized carbons (Fsp3) is 0.571. The van der Waals surface area contributed by atoms with E-state index < -0.39 is 9.84 Å². The minimum absolute atomic E-state index is 0.0935. The maximum absolute atomic E-state index is 12.3. The predicted octanol–water partition coefficient (Wildman–Crippen LogP) is 0.926. The topological polar surface area (TPSA) is 66.8 Å². The van der Waals surface area contributed by atoms with E-state index in [0.29, 0.717) is 17.2 Å². The van der Waals surface area contributed by atoms with E-state index in [9.17, 15) is 13.5 Å². The summed E-state index contributed by atoms with van der Waals surface area (Å²) >= 11 is 0. The van der Waals surface area contributed by atoms with Gasteiger partial charge in [0.05, 0.1) is 23.9 Å². The number of piperidine rings is 1. The molecule has 1 aromatic rings. The van der Waals surface area contributed by atoms with Crippen LogP contribution in [0.25, 0.3) is 0 Å². The molecular formula is C14H21NO4S. The normalized spacial score (nSPS) is 18.1. The lowest BCUT2D eigenvalue weighted by Gasteiger charge is -2.29. The molecule has 0 radical (unpaired) electrons. The highest BCUT2D eigenvalue weighted by molar-refractivity contribution is 7.91. The second-order valence-corrected chi connectivity index (χ2v) is 7.18. The molecule has 1 aliphatic heterocycles. The van der Waals surface area contributed by atoms with Crippen LogP contribution >= 0.6 is 0 Å². The second kappa shape index (κ2) is 6.56. The molecule has 0 amide bonds. The quantitative estimate of drug-likeness (QED) is 0.876. The Morgan fingerprint density at radius 2 is 2.05 bits per heavy atom. The van der Waals surface area contributed by atoms with Gasteiger partial charge in [0.1, 0.15) is 5.75 Å². The number of hydrogen-bond acceptors (Lipinski definition) is 5. The summed E-state index contributed by atoms with van der Waals surface area (Å²) < 4.78 is 29.6. The molecule has 112 valence electrons. The number of likely N-dealkylation sites (tertiary alicyclic amines) is 1. The Morgan fingerprint density at radius 1 is 1.35 bits per heavy atom. The van der Waals surface area contributed by atoms with E-state index in [2.05, 4.69) is 4.90 Å². The van der Waals surface area contributed by atoms with Gasteiger partial charge in [-0.05, 0) is 31.0 Å². The first-order valence-electron chi connectivity index (χ1n) is 6.78. The average molecular weight is 299 g/mol. The number of ether oxygens (including phenoxy) is 1. The van der Waals surface area contributed by atoms with Crippen LogP contribution in [0.5, 0.6) is 5.75 Å². The van der Waals surface area contributed by atoms with Crippen molar-refractivity contribution in [3.8, 4) is 5.75 Å². The van der Waals surface area contributed by atoms with Crippen molar-refractivity contribution in [3.05, 3.63) is 24.3 Å². The van der Waals surface area contributed by atoms with E-state index in [0.717, 1.165) is 25.9 Å². The Labute approximate surface area is 120 Å². The van der Waals surface area contributed by atoms with Gasteiger partial charge in [-0.1, -0.05) is 6.07 Å². The van der Waals surface area contributed by atoms with E-state index >= 15 is 0 Å². The van der Waals surface area contributed by atoms with E-state index in [1.165, 1.54) is 7.11 Å². The van der Waals surface area contributed by atoms with E-state index in [-0.39, 0.29) is 11.9 Å². The molecule has 0 aromatic heterocycles. The van der Waals surface area contributed by atoms with Crippen LogP contribution in [0.15, 0.2) is 29.2 Å². The fourth-order valence-electron chi connectivity index (χ4n) is 2.30. The van der Waals surface area contributed by atoms with Crippen LogP contribution in [0.2, 0.25) is 0 Å². The summed E-state index contributed by atoms with van der Waals surface area (Å²) in [6, 6.07) is 6.56. The second-order valence-electron chi connectivity index (χ2n) is 5.07. The molecule has 0 unspecified atom stereocenters. The molecule has 1 saturated heterocycles. The highest BCUT2D eigenvalue weighted by Crippen LogP contribution is 2.19. The SMILES string of the molecule is COc1cccc(S(=O)(=O)CCN2CCC(O)CC2)c1. The van der Waals surface area contributed by atoms with Crippen LogP contribution in [0.4, 0.5) is 0 Å². The number of hydrogen-bond donors (Lipinski definition) is 1. The standard InChI is InChI=1S/C14H21NO4S/c1-19-13-3-2-4-14(11-13)20(17,18)10-9-15-7-5-12(16)6-8-15/h2-4,11-12,16H,5-10H2,1H3. The van der Waals surface area contributed by atoms with Crippen molar-refractivity contribution in [2.75, 3.05) is 32.5 Å². The van der Waals surface area contributed by atoms with Crippen molar-refractivity contribution in [2.24, 2.45) is 0 Å². The molecule has 0 aliphatic carbocycles. The van der Waals surface area contributed by atoms with Crippen LogP contribution in [0.1, 0.15) is 12.8 Å². The van der Waals surface area contributed by atoms with Gasteiger partial charge in [0, 0.05) is 19.6 Å². The minimum atomic E-state index is -3.29. The smallest absolute Gasteiger partial charge is 0.179 e. The Balaban J connectivity index is 1.96. The number of sulfone groups is 1. The van der Waals surface area contributed by atoms with E-state index in [4.69, 9.17) is 4.74 Å². The first-order valence-corrected chi connectivity index (χ1v) is 8.44. The summed E-state index contributed by atoms with van der Waals surface area (Å²) in [7, 11) is -1.77. The van der Waals surface area contributed by atoms with Crippen LogP contribution in [0, 0.1) is 0 Å². The molecule has 2 rings (SSSR count). The van der Waals surface area contributed by atoms with Gasteiger partial charge in [-0.15, -0.1) is 0 Å². The zero-order valence-electron chi connectivity index (χ0n) is 11.7. The third kappa shape index (κ3) is 3.94. The summed E-state index contributed by atoms with van der Waals surface area (Å²) in [5.41, 5.74) is 0. The third-order valence-electron chi connectivity index (χ3n) is 3.63. The average Bonchev–Trinajstić information content (AvgIpc) is 2.47. The van der Waals surface area contributed by atoms with Crippen molar-refractivity contribution in [1.29, 1.82) is 0 Å². The molecule has 0 atom stereocenters. The molecule has 20 heavy (non-hydrogen) atoms. The number of aliphatic hydroxyl groups is 1. The molecule has 1 aliphatic rings. The molecular weight excluding hydrogens is 278 g/mol. The lowest BCUT2D eigenvalue weighted by atomic mass is 10.1. The summed E-state index contributed by atoms with van der Waals surface area (Å²) in [6.07, 6.45) is 1.21. The highest BCUT2D eigenvalue weighted by atomic mass is 32.2. The highest BCUT2D eigenvalue weighted by Gasteiger charge is 2.20. The first-order chi connectivity index (χ1) is 9.51. The Hall–Kier alpha value is -1.11. The van der Waals surface area contributed by atoms with Gasteiger partial charge in [0.15, 0.2) is 9.84 Å². The van der Waals surface area contributed by atoms with Crippen molar-refractivity contribution >= 4 is 9.84 Å². The monoisotopic (exact) mass is 299 g/mol. The van der Waals surface area contributed by atoms with Gasteiger partial charge < -0.3 is 14.7 Å². The van der Waals surface area contributed by atoms with Crippen LogP contribution in [-0.2, 0) is 9.84 Å². The largest absolute Gasteiger partial charge is 0.497 e. The Kier molecular flexibility index (Phi) is 5.01.